The molecule has 1 aromatic carbocycles. The van der Waals surface area contributed by atoms with Gasteiger partial charge in [-0.25, -0.2) is 0 Å². The highest BCUT2D eigenvalue weighted by molar-refractivity contribution is 9.10. The number of halogens is 1. The van der Waals surface area contributed by atoms with Gasteiger partial charge in [0.05, 0.1) is 11.6 Å². The van der Waals surface area contributed by atoms with Gasteiger partial charge in [-0.1, -0.05) is 25.3 Å². The maximum atomic E-state index is 12.3. The van der Waals surface area contributed by atoms with E-state index in [0.29, 0.717) is 0 Å². The first kappa shape index (κ1) is 12.6. The molecule has 1 aliphatic rings. The van der Waals surface area contributed by atoms with Crippen LogP contribution in [0.15, 0.2) is 22.7 Å². The molecule has 0 radical (unpaired) electrons. The molecule has 17 heavy (non-hydrogen) atoms. The van der Waals surface area contributed by atoms with Crippen molar-refractivity contribution in [1.82, 2.24) is 0 Å². The number of methoxy groups -OCH3 is 1. The van der Waals surface area contributed by atoms with Crippen LogP contribution >= 0.6 is 15.9 Å². The molecule has 3 heteroatoms. The highest BCUT2D eigenvalue weighted by Gasteiger charge is 2.22. The summed E-state index contributed by atoms with van der Waals surface area (Å²) < 4.78 is 6.11. The quantitative estimate of drug-likeness (QED) is 0.781. The van der Waals surface area contributed by atoms with Crippen LogP contribution in [0.5, 0.6) is 5.75 Å². The van der Waals surface area contributed by atoms with Crippen LogP contribution in [0.3, 0.4) is 0 Å². The Hall–Kier alpha value is -0.830. The van der Waals surface area contributed by atoms with Crippen LogP contribution < -0.4 is 4.74 Å². The Labute approximate surface area is 110 Å². The topological polar surface area (TPSA) is 26.3 Å². The summed E-state index contributed by atoms with van der Waals surface area (Å²) in [5.41, 5.74) is 0.775. The van der Waals surface area contributed by atoms with Crippen LogP contribution in [-0.2, 0) is 0 Å². The molecule has 1 fully saturated rings. The summed E-state index contributed by atoms with van der Waals surface area (Å²) in [5.74, 6) is 1.22. The van der Waals surface area contributed by atoms with Crippen LogP contribution in [-0.4, -0.2) is 12.9 Å². The van der Waals surface area contributed by atoms with E-state index in [9.17, 15) is 4.79 Å². The molecule has 0 aromatic heterocycles. The van der Waals surface area contributed by atoms with Gasteiger partial charge in [-0.15, -0.1) is 0 Å². The van der Waals surface area contributed by atoms with E-state index in [1.807, 2.05) is 18.2 Å². The second-order valence-corrected chi connectivity index (χ2v) is 5.40. The van der Waals surface area contributed by atoms with Gasteiger partial charge in [0.25, 0.3) is 0 Å². The second-order valence-electron chi connectivity index (χ2n) is 4.55. The molecule has 0 spiro atoms. The molecule has 0 atom stereocenters. The fraction of sp³-hybridized carbons (Fsp3) is 0.500. The number of hydrogen-bond donors (Lipinski definition) is 0. The summed E-state index contributed by atoms with van der Waals surface area (Å²) in [5, 5.41) is 0. The van der Waals surface area contributed by atoms with E-state index in [1.165, 1.54) is 19.3 Å². The van der Waals surface area contributed by atoms with Gasteiger partial charge in [0.1, 0.15) is 5.75 Å². The Balaban J connectivity index is 2.18. The molecular formula is C14H17BrO2. The van der Waals surface area contributed by atoms with Crippen LogP contribution in [0.4, 0.5) is 0 Å². The molecule has 0 unspecified atom stereocenters. The zero-order chi connectivity index (χ0) is 12.3. The number of Topliss-reactive ketones (excluding diaryl/α,β-unsaturated/α-hetero) is 1. The van der Waals surface area contributed by atoms with Gasteiger partial charge in [-0.05, 0) is 40.9 Å². The Morgan fingerprint density at radius 1 is 1.29 bits per heavy atom. The lowest BCUT2D eigenvalue weighted by Gasteiger charge is -2.20. The van der Waals surface area contributed by atoms with Crippen molar-refractivity contribution in [3.8, 4) is 5.75 Å². The molecule has 0 heterocycles. The van der Waals surface area contributed by atoms with E-state index in [4.69, 9.17) is 4.74 Å². The van der Waals surface area contributed by atoms with Crippen molar-refractivity contribution in [2.75, 3.05) is 7.11 Å². The molecule has 0 saturated heterocycles. The molecule has 0 bridgehead atoms. The van der Waals surface area contributed by atoms with Gasteiger partial charge < -0.3 is 4.74 Å². The fourth-order valence-corrected chi connectivity index (χ4v) is 2.82. The van der Waals surface area contributed by atoms with Crippen molar-refractivity contribution >= 4 is 21.7 Å². The third-order valence-corrected chi connectivity index (χ3v) is 4.07. The average Bonchev–Trinajstić information content (AvgIpc) is 2.39. The van der Waals surface area contributed by atoms with E-state index in [0.717, 1.165) is 28.6 Å². The predicted molar refractivity (Wildman–Crippen MR) is 71.6 cm³/mol. The SMILES string of the molecule is COc1cc(C(=O)C2CCCCC2)ccc1Br. The fourth-order valence-electron chi connectivity index (χ4n) is 2.41. The van der Waals surface area contributed by atoms with E-state index in [1.54, 1.807) is 7.11 Å². The zero-order valence-corrected chi connectivity index (χ0v) is 11.6. The van der Waals surface area contributed by atoms with Crippen LogP contribution in [0.2, 0.25) is 0 Å². The van der Waals surface area contributed by atoms with E-state index < -0.39 is 0 Å². The predicted octanol–water partition coefficient (Wildman–Crippen LogP) is 4.22. The van der Waals surface area contributed by atoms with Crippen LogP contribution in [0, 0.1) is 5.92 Å². The third-order valence-electron chi connectivity index (χ3n) is 3.41. The molecule has 1 aliphatic carbocycles. The highest BCUT2D eigenvalue weighted by atomic mass is 79.9. The zero-order valence-electron chi connectivity index (χ0n) is 10.0. The molecule has 0 aliphatic heterocycles. The molecule has 2 nitrogen and oxygen atoms in total. The molecular weight excluding hydrogens is 280 g/mol. The minimum absolute atomic E-state index is 0.217. The summed E-state index contributed by atoms with van der Waals surface area (Å²) in [4.78, 5) is 12.3. The largest absolute Gasteiger partial charge is 0.496 e. The van der Waals surface area contributed by atoms with Gasteiger partial charge in [0, 0.05) is 11.5 Å². The summed E-state index contributed by atoms with van der Waals surface area (Å²) in [6.45, 7) is 0. The van der Waals surface area contributed by atoms with Crippen molar-refractivity contribution in [3.05, 3.63) is 28.2 Å². The van der Waals surface area contributed by atoms with Gasteiger partial charge in [0.2, 0.25) is 0 Å². The first-order valence-electron chi connectivity index (χ1n) is 6.10. The summed E-state index contributed by atoms with van der Waals surface area (Å²) >= 11 is 3.40. The Bertz CT molecular complexity index is 409. The van der Waals surface area contributed by atoms with E-state index >= 15 is 0 Å². The molecule has 92 valence electrons. The maximum Gasteiger partial charge on any atom is 0.166 e. The number of carbonyl (C=O) groups is 1. The minimum Gasteiger partial charge on any atom is -0.496 e. The average molecular weight is 297 g/mol. The lowest BCUT2D eigenvalue weighted by molar-refractivity contribution is 0.0889. The lowest BCUT2D eigenvalue weighted by atomic mass is 9.84. The van der Waals surface area contributed by atoms with Crippen LogP contribution in [0.25, 0.3) is 0 Å². The molecule has 0 amide bonds. The minimum atomic E-state index is 0.217. The monoisotopic (exact) mass is 296 g/mol. The number of benzene rings is 1. The standard InChI is InChI=1S/C14H17BrO2/c1-17-13-9-11(7-8-12(13)15)14(16)10-5-3-2-4-6-10/h7-10H,2-6H2,1H3. The van der Waals surface area contributed by atoms with Crippen LogP contribution in [0.1, 0.15) is 42.5 Å². The summed E-state index contributed by atoms with van der Waals surface area (Å²) in [6.07, 6.45) is 5.72. The van der Waals surface area contributed by atoms with Crippen molar-refractivity contribution in [1.29, 1.82) is 0 Å². The van der Waals surface area contributed by atoms with Gasteiger partial charge >= 0.3 is 0 Å². The summed E-state index contributed by atoms with van der Waals surface area (Å²) in [7, 11) is 1.62. The van der Waals surface area contributed by atoms with E-state index in [2.05, 4.69) is 15.9 Å². The number of hydrogen-bond acceptors (Lipinski definition) is 2. The van der Waals surface area contributed by atoms with Crippen molar-refractivity contribution in [2.45, 2.75) is 32.1 Å². The molecule has 1 aromatic rings. The van der Waals surface area contributed by atoms with E-state index in [-0.39, 0.29) is 11.7 Å². The molecule has 0 N–H and O–H groups in total. The highest BCUT2D eigenvalue weighted by Crippen LogP contribution is 2.30. The Kier molecular flexibility index (Phi) is 4.21. The second kappa shape index (κ2) is 5.67. The van der Waals surface area contributed by atoms with Gasteiger partial charge in [-0.3, -0.25) is 4.79 Å². The lowest BCUT2D eigenvalue weighted by Crippen LogP contribution is -2.17. The smallest absolute Gasteiger partial charge is 0.166 e. The first-order valence-corrected chi connectivity index (χ1v) is 6.89. The third kappa shape index (κ3) is 2.89. The number of ketones is 1. The number of rotatable bonds is 3. The van der Waals surface area contributed by atoms with Crippen molar-refractivity contribution < 1.29 is 9.53 Å². The number of carbonyl (C=O) groups excluding carboxylic acids is 1. The Morgan fingerprint density at radius 3 is 2.65 bits per heavy atom. The van der Waals surface area contributed by atoms with Gasteiger partial charge in [-0.2, -0.15) is 0 Å². The van der Waals surface area contributed by atoms with Gasteiger partial charge in [0.15, 0.2) is 5.78 Å². The summed E-state index contributed by atoms with van der Waals surface area (Å²) in [6, 6.07) is 5.60. The van der Waals surface area contributed by atoms with Crippen molar-refractivity contribution in [2.24, 2.45) is 5.92 Å². The molecule has 2 rings (SSSR count). The maximum absolute atomic E-state index is 12.3. The number of ether oxygens (including phenoxy) is 1. The Morgan fingerprint density at radius 2 is 2.00 bits per heavy atom. The first-order chi connectivity index (χ1) is 8.22. The van der Waals surface area contributed by atoms with Crippen molar-refractivity contribution in [3.63, 3.8) is 0 Å². The normalized spacial score (nSPS) is 16.8. The molecule has 1 saturated carbocycles.